The summed E-state index contributed by atoms with van der Waals surface area (Å²) in [5, 5.41) is 7.46. The molecule has 1 aromatic heterocycles. The number of nitrogens with zero attached hydrogens (tertiary/aromatic N) is 4. The summed E-state index contributed by atoms with van der Waals surface area (Å²) in [6, 6.07) is 10.1. The smallest absolute Gasteiger partial charge is 0.194 e. The fourth-order valence-corrected chi connectivity index (χ4v) is 3.14. The molecule has 0 aliphatic carbocycles. The minimum Gasteiger partial charge on any atom is -0.491 e. The van der Waals surface area contributed by atoms with Crippen molar-refractivity contribution in [2.45, 2.75) is 33.0 Å². The van der Waals surface area contributed by atoms with Crippen molar-refractivity contribution in [3.8, 4) is 5.75 Å². The van der Waals surface area contributed by atoms with E-state index in [1.54, 1.807) is 6.26 Å². The fourth-order valence-electron chi connectivity index (χ4n) is 3.14. The second kappa shape index (κ2) is 11.3. The zero-order valence-corrected chi connectivity index (χ0v) is 19.1. The van der Waals surface area contributed by atoms with Gasteiger partial charge in [-0.3, -0.25) is 9.89 Å². The van der Waals surface area contributed by atoms with Gasteiger partial charge in [0.1, 0.15) is 12.0 Å². The van der Waals surface area contributed by atoms with E-state index in [-0.39, 0.29) is 30.1 Å². The zero-order valence-electron chi connectivity index (χ0n) is 16.8. The van der Waals surface area contributed by atoms with Crippen LogP contribution in [-0.2, 0) is 13.1 Å². The third-order valence-corrected chi connectivity index (χ3v) is 4.51. The predicted octanol–water partition coefficient (Wildman–Crippen LogP) is 2.97. The molecule has 0 unspecified atom stereocenters. The van der Waals surface area contributed by atoms with Gasteiger partial charge in [-0.25, -0.2) is 0 Å². The Kier molecular flexibility index (Phi) is 9.04. The minimum atomic E-state index is 0. The molecule has 0 bridgehead atoms. The number of hydrogen-bond acceptors (Lipinski definition) is 5. The van der Waals surface area contributed by atoms with Crippen molar-refractivity contribution >= 4 is 29.9 Å². The highest BCUT2D eigenvalue weighted by Crippen LogP contribution is 2.14. The molecule has 28 heavy (non-hydrogen) atoms. The van der Waals surface area contributed by atoms with E-state index in [9.17, 15) is 0 Å². The number of guanidine groups is 1. The van der Waals surface area contributed by atoms with Crippen molar-refractivity contribution in [1.29, 1.82) is 0 Å². The highest BCUT2D eigenvalue weighted by atomic mass is 127. The molecular weight excluding hydrogens is 469 g/mol. The molecule has 1 N–H and O–H groups in total. The molecule has 8 heteroatoms. The van der Waals surface area contributed by atoms with Crippen molar-refractivity contribution in [3.05, 3.63) is 47.9 Å². The van der Waals surface area contributed by atoms with Gasteiger partial charge in [0.25, 0.3) is 0 Å². The largest absolute Gasteiger partial charge is 0.491 e. The van der Waals surface area contributed by atoms with Crippen LogP contribution in [0, 0.1) is 0 Å². The molecule has 2 aromatic rings. The van der Waals surface area contributed by atoms with E-state index < -0.39 is 0 Å². The molecule has 1 saturated heterocycles. The molecule has 7 nitrogen and oxygen atoms in total. The Morgan fingerprint density at radius 1 is 1.18 bits per heavy atom. The Morgan fingerprint density at radius 3 is 2.46 bits per heavy atom. The van der Waals surface area contributed by atoms with Crippen LogP contribution >= 0.6 is 24.0 Å². The molecule has 154 valence electrons. The fraction of sp³-hybridized carbons (Fsp3) is 0.500. The van der Waals surface area contributed by atoms with Crippen LogP contribution in [0.2, 0.25) is 0 Å². The summed E-state index contributed by atoms with van der Waals surface area (Å²) in [5.74, 6) is 1.85. The number of rotatable bonds is 6. The topological polar surface area (TPSA) is 66.1 Å². The van der Waals surface area contributed by atoms with Crippen LogP contribution < -0.4 is 10.1 Å². The first-order valence-electron chi connectivity index (χ1n) is 9.47. The quantitative estimate of drug-likeness (QED) is 0.375. The lowest BCUT2D eigenvalue weighted by molar-refractivity contribution is 0.169. The molecule has 0 atom stereocenters. The monoisotopic (exact) mass is 499 g/mol. The maximum absolute atomic E-state index is 5.69. The normalized spacial score (nSPS) is 15.4. The van der Waals surface area contributed by atoms with Crippen LogP contribution in [0.3, 0.4) is 0 Å². The highest BCUT2D eigenvalue weighted by Gasteiger charge is 2.20. The van der Waals surface area contributed by atoms with Gasteiger partial charge in [-0.15, -0.1) is 24.0 Å². The van der Waals surface area contributed by atoms with Gasteiger partial charge in [0.05, 0.1) is 11.8 Å². The molecular formula is C20H30IN5O2. The lowest BCUT2D eigenvalue weighted by atomic mass is 10.2. The summed E-state index contributed by atoms with van der Waals surface area (Å²) in [4.78, 5) is 9.13. The van der Waals surface area contributed by atoms with Crippen LogP contribution in [0.4, 0.5) is 0 Å². The number of nitrogens with one attached hydrogen (secondary N) is 1. The van der Waals surface area contributed by atoms with E-state index in [1.165, 1.54) is 5.56 Å². The number of halogens is 1. The zero-order chi connectivity index (χ0) is 19.1. The van der Waals surface area contributed by atoms with Crippen LogP contribution in [0.25, 0.3) is 0 Å². The summed E-state index contributed by atoms with van der Waals surface area (Å²) in [6.45, 7) is 9.49. The average molecular weight is 499 g/mol. The van der Waals surface area contributed by atoms with Gasteiger partial charge in [0.15, 0.2) is 5.96 Å². The first kappa shape index (κ1) is 22.5. The summed E-state index contributed by atoms with van der Waals surface area (Å²) >= 11 is 0. The number of aliphatic imine (C=N–C) groups is 1. The average Bonchev–Trinajstić information content (AvgIpc) is 3.17. The van der Waals surface area contributed by atoms with Gasteiger partial charge in [-0.2, -0.15) is 0 Å². The van der Waals surface area contributed by atoms with Gasteiger partial charge < -0.3 is 19.5 Å². The third kappa shape index (κ3) is 6.66. The summed E-state index contributed by atoms with van der Waals surface area (Å²) in [6.07, 6.45) is 1.81. The molecule has 2 heterocycles. The van der Waals surface area contributed by atoms with Crippen molar-refractivity contribution in [3.63, 3.8) is 0 Å². The Balaban J connectivity index is 0.00000280. The second-order valence-electron chi connectivity index (χ2n) is 6.97. The lowest BCUT2D eigenvalue weighted by Crippen LogP contribution is -2.52. The number of aromatic nitrogens is 1. The summed E-state index contributed by atoms with van der Waals surface area (Å²) in [5.41, 5.74) is 2.19. The lowest BCUT2D eigenvalue weighted by Gasteiger charge is -2.36. The van der Waals surface area contributed by atoms with Crippen molar-refractivity contribution in [2.24, 2.45) is 4.99 Å². The first-order valence-corrected chi connectivity index (χ1v) is 9.47. The Morgan fingerprint density at radius 2 is 1.89 bits per heavy atom. The Labute approximate surface area is 184 Å². The van der Waals surface area contributed by atoms with Crippen LogP contribution in [0.5, 0.6) is 5.75 Å². The molecule has 1 aliphatic heterocycles. The van der Waals surface area contributed by atoms with Gasteiger partial charge in [-0.05, 0) is 31.5 Å². The highest BCUT2D eigenvalue weighted by molar-refractivity contribution is 14.0. The van der Waals surface area contributed by atoms with Crippen molar-refractivity contribution < 1.29 is 9.26 Å². The molecule has 1 fully saturated rings. The van der Waals surface area contributed by atoms with Gasteiger partial charge in [0, 0.05) is 52.4 Å². The summed E-state index contributed by atoms with van der Waals surface area (Å²) < 4.78 is 10.6. The molecule has 0 radical (unpaired) electrons. The van der Waals surface area contributed by atoms with E-state index in [2.05, 4.69) is 37.4 Å². The van der Waals surface area contributed by atoms with Crippen molar-refractivity contribution in [2.75, 3.05) is 33.2 Å². The number of hydrogen-bond donors (Lipinski definition) is 1. The van der Waals surface area contributed by atoms with Crippen molar-refractivity contribution in [1.82, 2.24) is 20.3 Å². The van der Waals surface area contributed by atoms with Gasteiger partial charge >= 0.3 is 0 Å². The molecule has 0 amide bonds. The van der Waals surface area contributed by atoms with Crippen LogP contribution in [0.1, 0.15) is 25.1 Å². The molecule has 3 rings (SSSR count). The van der Waals surface area contributed by atoms with Crippen LogP contribution in [-0.4, -0.2) is 60.2 Å². The maximum Gasteiger partial charge on any atom is 0.194 e. The third-order valence-electron chi connectivity index (χ3n) is 4.51. The standard InChI is InChI=1S/C20H29N5O2.HI/c1-16(2)27-19-6-4-17(5-7-19)14-22-20(21-3)25-11-9-24(10-12-25)15-18-8-13-26-23-18;/h4-8,13,16H,9-12,14-15H2,1-3H3,(H,21,22);1H. The molecule has 0 spiro atoms. The number of ether oxygens (including phenoxy) is 1. The van der Waals surface area contributed by atoms with E-state index in [0.29, 0.717) is 0 Å². The van der Waals surface area contributed by atoms with Gasteiger partial charge in [0.2, 0.25) is 0 Å². The van der Waals surface area contributed by atoms with E-state index in [4.69, 9.17) is 9.26 Å². The second-order valence-corrected chi connectivity index (χ2v) is 6.97. The summed E-state index contributed by atoms with van der Waals surface area (Å²) in [7, 11) is 1.84. The maximum atomic E-state index is 5.69. The van der Waals surface area contributed by atoms with E-state index in [0.717, 1.165) is 56.7 Å². The predicted molar refractivity (Wildman–Crippen MR) is 121 cm³/mol. The van der Waals surface area contributed by atoms with E-state index >= 15 is 0 Å². The minimum absolute atomic E-state index is 0. The first-order chi connectivity index (χ1) is 13.1. The molecule has 1 aromatic carbocycles. The number of benzene rings is 1. The number of piperazine rings is 1. The SMILES string of the molecule is CN=C(NCc1ccc(OC(C)C)cc1)N1CCN(Cc2ccon2)CC1.I. The molecule has 1 aliphatic rings. The van der Waals surface area contributed by atoms with Gasteiger partial charge in [-0.1, -0.05) is 17.3 Å². The molecule has 0 saturated carbocycles. The van der Waals surface area contributed by atoms with Crippen LogP contribution in [0.15, 0.2) is 46.1 Å². The Bertz CT molecular complexity index is 711. The Hall–Kier alpha value is -1.81. The van der Waals surface area contributed by atoms with E-state index in [1.807, 2.05) is 39.1 Å².